The van der Waals surface area contributed by atoms with E-state index in [0.717, 1.165) is 6.54 Å². The summed E-state index contributed by atoms with van der Waals surface area (Å²) in [6.45, 7) is 3.12. The average Bonchev–Trinajstić information content (AvgIpc) is 2.87. The lowest BCUT2D eigenvalue weighted by atomic mass is 10.2. The predicted molar refractivity (Wildman–Crippen MR) is 67.2 cm³/mol. The molecule has 6 nitrogen and oxygen atoms in total. The molecule has 6 heteroatoms. The van der Waals surface area contributed by atoms with Gasteiger partial charge in [0.1, 0.15) is 0 Å². The molecule has 1 aliphatic heterocycles. The van der Waals surface area contributed by atoms with Gasteiger partial charge in [0, 0.05) is 25.5 Å². The summed E-state index contributed by atoms with van der Waals surface area (Å²) in [4.78, 5) is 21.9. The summed E-state index contributed by atoms with van der Waals surface area (Å²) in [6.07, 6.45) is 6.69. The molecule has 2 N–H and O–H groups in total. The molecule has 0 spiro atoms. The monoisotopic (exact) mass is 248 g/mol. The second-order valence-electron chi connectivity index (χ2n) is 3.96. The van der Waals surface area contributed by atoms with Gasteiger partial charge in [-0.3, -0.25) is 4.79 Å². The Morgan fingerprint density at radius 1 is 1.56 bits per heavy atom. The SMILES string of the molecule is CCNc1ncc(C(=O)N2CC=CC2CO)cn1. The zero-order valence-electron chi connectivity index (χ0n) is 10.2. The van der Waals surface area contributed by atoms with Crippen molar-refractivity contribution < 1.29 is 9.90 Å². The summed E-state index contributed by atoms with van der Waals surface area (Å²) in [5.41, 5.74) is 0.429. The normalized spacial score (nSPS) is 18.1. The predicted octanol–water partition coefficient (Wildman–Crippen LogP) is 0.281. The zero-order chi connectivity index (χ0) is 13.0. The lowest BCUT2D eigenvalue weighted by molar-refractivity contribution is 0.0699. The molecular weight excluding hydrogens is 232 g/mol. The Kier molecular flexibility index (Phi) is 3.88. The number of carbonyl (C=O) groups excluding carboxylic acids is 1. The molecule has 2 rings (SSSR count). The number of nitrogens with zero attached hydrogens (tertiary/aromatic N) is 3. The molecule has 1 amide bonds. The third-order valence-corrected chi connectivity index (χ3v) is 2.74. The third kappa shape index (κ3) is 2.48. The molecule has 0 aliphatic carbocycles. The van der Waals surface area contributed by atoms with Crippen LogP contribution in [-0.2, 0) is 0 Å². The highest BCUT2D eigenvalue weighted by Crippen LogP contribution is 2.13. The van der Waals surface area contributed by atoms with Crippen LogP contribution in [0.3, 0.4) is 0 Å². The van der Waals surface area contributed by atoms with Gasteiger partial charge in [0.15, 0.2) is 0 Å². The first kappa shape index (κ1) is 12.5. The van der Waals surface area contributed by atoms with Gasteiger partial charge >= 0.3 is 0 Å². The first-order valence-electron chi connectivity index (χ1n) is 5.90. The Balaban J connectivity index is 2.09. The van der Waals surface area contributed by atoms with Gasteiger partial charge in [-0.25, -0.2) is 9.97 Å². The molecule has 0 saturated carbocycles. The molecule has 18 heavy (non-hydrogen) atoms. The summed E-state index contributed by atoms with van der Waals surface area (Å²) in [6, 6.07) is -0.244. The molecular formula is C12H16N4O2. The fourth-order valence-corrected chi connectivity index (χ4v) is 1.82. The van der Waals surface area contributed by atoms with Crippen molar-refractivity contribution in [3.63, 3.8) is 0 Å². The average molecular weight is 248 g/mol. The Morgan fingerprint density at radius 3 is 2.89 bits per heavy atom. The number of amides is 1. The quantitative estimate of drug-likeness (QED) is 0.748. The number of carbonyl (C=O) groups is 1. The number of rotatable bonds is 4. The summed E-state index contributed by atoms with van der Waals surface area (Å²) in [5.74, 6) is 0.342. The van der Waals surface area contributed by atoms with Crippen LogP contribution in [0.1, 0.15) is 17.3 Å². The van der Waals surface area contributed by atoms with Crippen LogP contribution >= 0.6 is 0 Å². The summed E-state index contributed by atoms with van der Waals surface area (Å²) < 4.78 is 0. The Bertz CT molecular complexity index is 444. The molecule has 0 saturated heterocycles. The Labute approximate surface area is 105 Å². The summed E-state index contributed by atoms with van der Waals surface area (Å²) in [5, 5.41) is 12.1. The molecule has 0 aromatic carbocycles. The van der Waals surface area contributed by atoms with Crippen LogP contribution < -0.4 is 5.32 Å². The lowest BCUT2D eigenvalue weighted by Gasteiger charge is -2.22. The van der Waals surface area contributed by atoms with Crippen LogP contribution in [0.2, 0.25) is 0 Å². The van der Waals surface area contributed by atoms with E-state index in [1.807, 2.05) is 19.1 Å². The molecule has 2 heterocycles. The van der Waals surface area contributed by atoms with Crippen LogP contribution in [0.15, 0.2) is 24.5 Å². The molecule has 1 aromatic rings. The van der Waals surface area contributed by atoms with Crippen LogP contribution in [0, 0.1) is 0 Å². The van der Waals surface area contributed by atoms with Crippen molar-refractivity contribution in [1.29, 1.82) is 0 Å². The number of hydrogen-bond acceptors (Lipinski definition) is 5. The fourth-order valence-electron chi connectivity index (χ4n) is 1.82. The largest absolute Gasteiger partial charge is 0.394 e. The van der Waals surface area contributed by atoms with Gasteiger partial charge in [0.25, 0.3) is 5.91 Å². The highest BCUT2D eigenvalue weighted by Gasteiger charge is 2.25. The van der Waals surface area contributed by atoms with Gasteiger partial charge in [0.2, 0.25) is 5.95 Å². The van der Waals surface area contributed by atoms with Crippen molar-refractivity contribution in [2.45, 2.75) is 13.0 Å². The first-order chi connectivity index (χ1) is 8.76. The van der Waals surface area contributed by atoms with Crippen molar-refractivity contribution in [3.05, 3.63) is 30.1 Å². The standard InChI is InChI=1S/C12H16N4O2/c1-2-13-12-14-6-9(7-15-12)11(18)16-5-3-4-10(16)8-17/h3-4,6-7,10,17H,2,5,8H2,1H3,(H,13,14,15). The minimum absolute atomic E-state index is 0.0709. The molecule has 96 valence electrons. The summed E-state index contributed by atoms with van der Waals surface area (Å²) >= 11 is 0. The number of aromatic nitrogens is 2. The van der Waals surface area contributed by atoms with Crippen molar-refractivity contribution in [2.24, 2.45) is 0 Å². The van der Waals surface area contributed by atoms with E-state index < -0.39 is 0 Å². The van der Waals surface area contributed by atoms with E-state index in [9.17, 15) is 4.79 Å². The molecule has 0 bridgehead atoms. The van der Waals surface area contributed by atoms with Crippen LogP contribution in [-0.4, -0.2) is 51.6 Å². The van der Waals surface area contributed by atoms with Crippen LogP contribution in [0.5, 0.6) is 0 Å². The Hall–Kier alpha value is -1.95. The van der Waals surface area contributed by atoms with Crippen LogP contribution in [0.4, 0.5) is 5.95 Å². The van der Waals surface area contributed by atoms with E-state index in [1.54, 1.807) is 4.90 Å². The maximum Gasteiger partial charge on any atom is 0.257 e. The molecule has 1 atom stereocenters. The van der Waals surface area contributed by atoms with Gasteiger partial charge in [-0.05, 0) is 6.92 Å². The highest BCUT2D eigenvalue weighted by atomic mass is 16.3. The number of hydrogen-bond donors (Lipinski definition) is 2. The fraction of sp³-hybridized carbons (Fsp3) is 0.417. The van der Waals surface area contributed by atoms with Crippen molar-refractivity contribution in [1.82, 2.24) is 14.9 Å². The van der Waals surface area contributed by atoms with E-state index in [0.29, 0.717) is 18.1 Å². The Morgan fingerprint density at radius 2 is 2.28 bits per heavy atom. The second-order valence-corrected chi connectivity index (χ2v) is 3.96. The van der Waals surface area contributed by atoms with E-state index in [2.05, 4.69) is 15.3 Å². The van der Waals surface area contributed by atoms with Crippen molar-refractivity contribution in [2.75, 3.05) is 25.0 Å². The van der Waals surface area contributed by atoms with E-state index in [-0.39, 0.29) is 18.6 Å². The number of aliphatic hydroxyl groups is 1. The summed E-state index contributed by atoms with van der Waals surface area (Å²) in [7, 11) is 0. The topological polar surface area (TPSA) is 78.4 Å². The molecule has 0 radical (unpaired) electrons. The third-order valence-electron chi connectivity index (χ3n) is 2.74. The second kappa shape index (κ2) is 5.59. The molecule has 1 aliphatic rings. The highest BCUT2D eigenvalue weighted by molar-refractivity contribution is 5.94. The van der Waals surface area contributed by atoms with E-state index in [1.165, 1.54) is 12.4 Å². The first-order valence-corrected chi connectivity index (χ1v) is 5.90. The van der Waals surface area contributed by atoms with Gasteiger partial charge in [-0.2, -0.15) is 0 Å². The number of anilines is 1. The van der Waals surface area contributed by atoms with Crippen molar-refractivity contribution in [3.8, 4) is 0 Å². The molecule has 0 fully saturated rings. The maximum absolute atomic E-state index is 12.2. The number of aliphatic hydroxyl groups excluding tert-OH is 1. The minimum Gasteiger partial charge on any atom is -0.394 e. The molecule has 1 aromatic heterocycles. The van der Waals surface area contributed by atoms with E-state index >= 15 is 0 Å². The smallest absolute Gasteiger partial charge is 0.257 e. The van der Waals surface area contributed by atoms with Gasteiger partial charge in [-0.1, -0.05) is 12.2 Å². The van der Waals surface area contributed by atoms with Crippen LogP contribution in [0.25, 0.3) is 0 Å². The van der Waals surface area contributed by atoms with E-state index in [4.69, 9.17) is 5.11 Å². The molecule has 1 unspecified atom stereocenters. The van der Waals surface area contributed by atoms with Crippen molar-refractivity contribution >= 4 is 11.9 Å². The lowest BCUT2D eigenvalue weighted by Crippen LogP contribution is -2.38. The number of nitrogens with one attached hydrogen (secondary N) is 1. The zero-order valence-corrected chi connectivity index (χ0v) is 10.2. The minimum atomic E-state index is -0.244. The van der Waals surface area contributed by atoms with Gasteiger partial charge in [0.05, 0.1) is 18.2 Å². The van der Waals surface area contributed by atoms with Gasteiger partial charge < -0.3 is 15.3 Å². The van der Waals surface area contributed by atoms with Gasteiger partial charge in [-0.15, -0.1) is 0 Å². The maximum atomic E-state index is 12.2.